The van der Waals surface area contributed by atoms with Gasteiger partial charge < -0.3 is 20.1 Å². The molecule has 2 atom stereocenters. The summed E-state index contributed by atoms with van der Waals surface area (Å²) in [6.07, 6.45) is 1.31. The number of nitrogens with one attached hydrogen (secondary N) is 1. The van der Waals surface area contributed by atoms with Crippen molar-refractivity contribution in [2.24, 2.45) is 5.92 Å². The molecule has 0 bridgehead atoms. The van der Waals surface area contributed by atoms with Crippen molar-refractivity contribution in [2.75, 3.05) is 12.3 Å². The van der Waals surface area contributed by atoms with E-state index < -0.39 is 5.97 Å². The smallest absolute Gasteiger partial charge is 0.543 e. The molecular weight excluding hydrogens is 319 g/mol. The molecule has 21 heavy (non-hydrogen) atoms. The van der Waals surface area contributed by atoms with Crippen LogP contribution in [-0.2, 0) is 14.4 Å². The Morgan fingerprint density at radius 2 is 2.14 bits per heavy atom. The molecule has 6 nitrogen and oxygen atoms in total. The summed E-state index contributed by atoms with van der Waals surface area (Å²) in [5, 5.41) is 13.9. The van der Waals surface area contributed by atoms with E-state index in [1.165, 1.54) is 23.6 Å². The van der Waals surface area contributed by atoms with Crippen molar-refractivity contribution in [1.29, 1.82) is 0 Å². The maximum absolute atomic E-state index is 11.9. The average molecular weight is 336 g/mol. The fourth-order valence-corrected chi connectivity index (χ4v) is 3.78. The van der Waals surface area contributed by atoms with E-state index in [2.05, 4.69) is 5.32 Å². The van der Waals surface area contributed by atoms with Gasteiger partial charge in [0.05, 0.1) is 23.6 Å². The van der Waals surface area contributed by atoms with Gasteiger partial charge in [-0.3, -0.25) is 9.59 Å². The van der Waals surface area contributed by atoms with Crippen molar-refractivity contribution < 1.29 is 70.9 Å². The zero-order valence-corrected chi connectivity index (χ0v) is 16.4. The van der Waals surface area contributed by atoms with E-state index in [1.54, 1.807) is 0 Å². The Bertz CT molecular complexity index is 495. The van der Waals surface area contributed by atoms with Crippen LogP contribution in [0.3, 0.4) is 0 Å². The van der Waals surface area contributed by atoms with Crippen LogP contribution in [0.2, 0.25) is 0 Å². The molecule has 2 amide bonds. The van der Waals surface area contributed by atoms with Gasteiger partial charge in [0.25, 0.3) is 0 Å². The number of carboxylic acids is 1. The first kappa shape index (κ1) is 19.2. The Hall–Kier alpha value is 0.136. The van der Waals surface area contributed by atoms with E-state index >= 15 is 0 Å². The molecule has 2 heterocycles. The van der Waals surface area contributed by atoms with Crippen LogP contribution >= 0.6 is 11.8 Å². The first-order valence-electron chi connectivity index (χ1n) is 6.62. The minimum Gasteiger partial charge on any atom is -0.543 e. The zero-order valence-electron chi connectivity index (χ0n) is 12.5. The SMILES string of the molecule is CC[C@@H]1C(=O)N2C(C(=O)[O-])=C(SCCNC(C)=O)C[C@H]12.[K+]. The van der Waals surface area contributed by atoms with Crippen molar-refractivity contribution in [1.82, 2.24) is 10.2 Å². The molecular formula is C13H17KN2O4S. The van der Waals surface area contributed by atoms with Gasteiger partial charge in [-0.2, -0.15) is 0 Å². The van der Waals surface area contributed by atoms with Crippen LogP contribution in [0.25, 0.3) is 0 Å². The van der Waals surface area contributed by atoms with Crippen molar-refractivity contribution in [3.8, 4) is 0 Å². The second-order valence-corrected chi connectivity index (χ2v) is 6.07. The number of hydrogen-bond acceptors (Lipinski definition) is 5. The molecule has 0 radical (unpaired) electrons. The largest absolute Gasteiger partial charge is 1.00 e. The summed E-state index contributed by atoms with van der Waals surface area (Å²) in [6.45, 7) is 3.84. The number of carbonyl (C=O) groups is 3. The average Bonchev–Trinajstić information content (AvgIpc) is 2.70. The second kappa shape index (κ2) is 8.12. The van der Waals surface area contributed by atoms with Crippen LogP contribution in [0.1, 0.15) is 26.7 Å². The van der Waals surface area contributed by atoms with Crippen LogP contribution in [0, 0.1) is 5.92 Å². The number of nitrogens with zero attached hydrogens (tertiary/aromatic N) is 1. The van der Waals surface area contributed by atoms with E-state index in [4.69, 9.17) is 0 Å². The van der Waals surface area contributed by atoms with Gasteiger partial charge in [0.1, 0.15) is 0 Å². The maximum atomic E-state index is 11.9. The fraction of sp³-hybridized carbons (Fsp3) is 0.615. The Kier molecular flexibility index (Phi) is 7.42. The maximum Gasteiger partial charge on any atom is 1.00 e. The van der Waals surface area contributed by atoms with E-state index in [0.29, 0.717) is 23.6 Å². The Labute approximate surface area is 170 Å². The van der Waals surface area contributed by atoms with Gasteiger partial charge in [-0.1, -0.05) is 6.92 Å². The molecule has 1 saturated heterocycles. The van der Waals surface area contributed by atoms with Gasteiger partial charge in [-0.25, -0.2) is 0 Å². The van der Waals surface area contributed by atoms with E-state index in [1.807, 2.05) is 6.92 Å². The minimum absolute atomic E-state index is 0. The summed E-state index contributed by atoms with van der Waals surface area (Å²) in [5.41, 5.74) is 0.0255. The number of amides is 2. The fourth-order valence-electron chi connectivity index (χ4n) is 2.72. The summed E-state index contributed by atoms with van der Waals surface area (Å²) >= 11 is 1.37. The molecule has 0 aromatic heterocycles. The molecule has 1 fully saturated rings. The molecule has 0 aliphatic carbocycles. The molecule has 2 rings (SSSR count). The molecule has 0 aromatic rings. The summed E-state index contributed by atoms with van der Waals surface area (Å²) < 4.78 is 0. The summed E-state index contributed by atoms with van der Waals surface area (Å²) in [6, 6.07) is -0.0244. The van der Waals surface area contributed by atoms with Gasteiger partial charge >= 0.3 is 51.4 Å². The number of aliphatic carboxylic acids is 1. The standard InChI is InChI=1S/C13H18N2O4S.K/c1-3-8-9-6-10(20-5-4-14-7(2)16)11(13(18)19)15(9)12(8)17;/h8-9H,3-6H2,1-2H3,(H,14,16)(H,18,19);/q;+1/p-1/t8-,9+;/m0./s1. The number of β-lactam (4-membered cyclic amide) rings is 1. The Balaban J connectivity index is 0.00000220. The first-order chi connectivity index (χ1) is 9.47. The van der Waals surface area contributed by atoms with Crippen LogP contribution in [0.4, 0.5) is 0 Å². The van der Waals surface area contributed by atoms with Gasteiger partial charge in [-0.05, 0) is 6.42 Å². The van der Waals surface area contributed by atoms with Crippen molar-refractivity contribution >= 4 is 29.5 Å². The van der Waals surface area contributed by atoms with E-state index in [-0.39, 0.29) is 80.9 Å². The normalized spacial score (nSPS) is 23.3. The second-order valence-electron chi connectivity index (χ2n) is 4.89. The number of rotatable bonds is 6. The van der Waals surface area contributed by atoms with E-state index in [0.717, 1.165) is 6.42 Å². The first-order valence-corrected chi connectivity index (χ1v) is 7.60. The molecule has 0 spiro atoms. The Morgan fingerprint density at radius 1 is 1.48 bits per heavy atom. The number of carbonyl (C=O) groups excluding carboxylic acids is 3. The van der Waals surface area contributed by atoms with Crippen LogP contribution in [0.15, 0.2) is 10.6 Å². The molecule has 0 saturated carbocycles. The van der Waals surface area contributed by atoms with Gasteiger partial charge in [0.15, 0.2) is 0 Å². The summed E-state index contributed by atoms with van der Waals surface area (Å²) in [7, 11) is 0. The number of carboxylic acid groups (broad SMARTS) is 1. The van der Waals surface area contributed by atoms with Gasteiger partial charge in [-0.15, -0.1) is 11.8 Å². The summed E-state index contributed by atoms with van der Waals surface area (Å²) in [4.78, 5) is 35.9. The molecule has 1 N–H and O–H groups in total. The van der Waals surface area contributed by atoms with Gasteiger partial charge in [0.2, 0.25) is 11.8 Å². The number of hydrogen-bond donors (Lipinski definition) is 1. The van der Waals surface area contributed by atoms with Crippen molar-refractivity contribution in [3.63, 3.8) is 0 Å². The molecule has 8 heteroatoms. The monoisotopic (exact) mass is 336 g/mol. The topological polar surface area (TPSA) is 89.5 Å². The molecule has 2 aliphatic rings. The minimum atomic E-state index is -1.29. The van der Waals surface area contributed by atoms with Crippen molar-refractivity contribution in [2.45, 2.75) is 32.7 Å². The van der Waals surface area contributed by atoms with Crippen LogP contribution in [0.5, 0.6) is 0 Å². The zero-order chi connectivity index (χ0) is 14.9. The van der Waals surface area contributed by atoms with E-state index in [9.17, 15) is 19.5 Å². The number of fused-ring (bicyclic) bond motifs is 1. The molecule has 0 unspecified atom stereocenters. The molecule has 110 valence electrons. The van der Waals surface area contributed by atoms with Crippen LogP contribution in [-0.4, -0.2) is 41.0 Å². The van der Waals surface area contributed by atoms with Crippen molar-refractivity contribution in [3.05, 3.63) is 10.6 Å². The van der Waals surface area contributed by atoms with Crippen LogP contribution < -0.4 is 61.8 Å². The third-order valence-corrected chi connectivity index (χ3v) is 4.75. The third-order valence-electron chi connectivity index (χ3n) is 3.64. The molecule has 2 aliphatic heterocycles. The quantitative estimate of drug-likeness (QED) is 0.308. The Morgan fingerprint density at radius 3 is 2.67 bits per heavy atom. The predicted molar refractivity (Wildman–Crippen MR) is 72.2 cm³/mol. The third kappa shape index (κ3) is 3.91. The summed E-state index contributed by atoms with van der Waals surface area (Å²) in [5.74, 6) is -1.02. The molecule has 0 aromatic carbocycles. The van der Waals surface area contributed by atoms with Gasteiger partial charge in [0, 0.05) is 30.5 Å². The number of thioether (sulfide) groups is 1. The predicted octanol–water partition coefficient (Wildman–Crippen LogP) is -3.54.